The molecule has 0 aromatic heterocycles. The van der Waals surface area contributed by atoms with E-state index >= 15 is 0 Å². The second-order valence-corrected chi connectivity index (χ2v) is 5.44. The van der Waals surface area contributed by atoms with E-state index < -0.39 is 6.61 Å². The van der Waals surface area contributed by atoms with E-state index in [9.17, 15) is 8.78 Å². The fourth-order valence-corrected chi connectivity index (χ4v) is 2.72. The minimum Gasteiger partial charge on any atom is -0.435 e. The van der Waals surface area contributed by atoms with Gasteiger partial charge in [-0.25, -0.2) is 0 Å². The van der Waals surface area contributed by atoms with Crippen LogP contribution in [0.25, 0.3) is 0 Å². The van der Waals surface area contributed by atoms with Crippen molar-refractivity contribution in [3.05, 3.63) is 29.8 Å². The largest absolute Gasteiger partial charge is 0.435 e. The maximum Gasteiger partial charge on any atom is 0.387 e. The summed E-state index contributed by atoms with van der Waals surface area (Å²) in [5.74, 6) is 1.86. The highest BCUT2D eigenvalue weighted by molar-refractivity contribution is 5.27. The van der Waals surface area contributed by atoms with Gasteiger partial charge in [-0.2, -0.15) is 8.78 Å². The molecule has 0 radical (unpaired) electrons. The van der Waals surface area contributed by atoms with Crippen LogP contribution in [-0.4, -0.2) is 13.2 Å². The van der Waals surface area contributed by atoms with Crippen molar-refractivity contribution in [2.45, 2.75) is 39.3 Å². The summed E-state index contributed by atoms with van der Waals surface area (Å²) in [4.78, 5) is 0. The van der Waals surface area contributed by atoms with Crippen LogP contribution >= 0.6 is 0 Å². The van der Waals surface area contributed by atoms with Crippen molar-refractivity contribution in [1.29, 1.82) is 0 Å². The van der Waals surface area contributed by atoms with Crippen LogP contribution in [0.1, 0.15) is 31.7 Å². The predicted molar refractivity (Wildman–Crippen MR) is 71.3 cm³/mol. The highest BCUT2D eigenvalue weighted by atomic mass is 19.3. The van der Waals surface area contributed by atoms with E-state index in [0.717, 1.165) is 30.5 Å². The fourth-order valence-electron chi connectivity index (χ4n) is 2.72. The molecule has 2 unspecified atom stereocenters. The first-order valence-electron chi connectivity index (χ1n) is 6.88. The van der Waals surface area contributed by atoms with Gasteiger partial charge in [0.05, 0.1) is 0 Å². The number of rotatable bonds is 6. The monoisotopic (exact) mass is 269 g/mol. The van der Waals surface area contributed by atoms with Gasteiger partial charge in [-0.15, -0.1) is 0 Å². The number of alkyl halides is 2. The van der Waals surface area contributed by atoms with Crippen molar-refractivity contribution in [3.8, 4) is 5.75 Å². The van der Waals surface area contributed by atoms with Crippen molar-refractivity contribution in [1.82, 2.24) is 5.32 Å². The van der Waals surface area contributed by atoms with Gasteiger partial charge >= 0.3 is 6.61 Å². The molecule has 106 valence electrons. The molecule has 1 saturated carbocycles. The summed E-state index contributed by atoms with van der Waals surface area (Å²) in [5.41, 5.74) is 1.09. The van der Waals surface area contributed by atoms with Crippen LogP contribution in [0.3, 0.4) is 0 Å². The second-order valence-electron chi connectivity index (χ2n) is 5.44. The van der Waals surface area contributed by atoms with E-state index in [2.05, 4.69) is 17.0 Å². The zero-order valence-corrected chi connectivity index (χ0v) is 11.2. The quantitative estimate of drug-likeness (QED) is 0.847. The maximum atomic E-state index is 12.0. The Morgan fingerprint density at radius 2 is 2.00 bits per heavy atom. The molecule has 1 fully saturated rings. The normalized spacial score (nSPS) is 22.9. The second kappa shape index (κ2) is 6.85. The van der Waals surface area contributed by atoms with Crippen LogP contribution < -0.4 is 10.1 Å². The summed E-state index contributed by atoms with van der Waals surface area (Å²) >= 11 is 0. The average molecular weight is 269 g/mol. The summed E-state index contributed by atoms with van der Waals surface area (Å²) in [6.45, 7) is 1.37. The van der Waals surface area contributed by atoms with Gasteiger partial charge in [0.2, 0.25) is 0 Å². The molecule has 1 aromatic rings. The zero-order valence-electron chi connectivity index (χ0n) is 11.2. The van der Waals surface area contributed by atoms with E-state index in [-0.39, 0.29) is 5.75 Å². The third-order valence-electron chi connectivity index (χ3n) is 3.71. The predicted octanol–water partition coefficient (Wildman–Crippen LogP) is 3.81. The molecule has 1 aromatic carbocycles. The van der Waals surface area contributed by atoms with Crippen LogP contribution in [-0.2, 0) is 6.54 Å². The van der Waals surface area contributed by atoms with E-state index in [1.54, 1.807) is 12.1 Å². The highest BCUT2D eigenvalue weighted by Crippen LogP contribution is 2.29. The van der Waals surface area contributed by atoms with Gasteiger partial charge in [-0.3, -0.25) is 0 Å². The van der Waals surface area contributed by atoms with Crippen LogP contribution in [0.15, 0.2) is 24.3 Å². The van der Waals surface area contributed by atoms with Crippen molar-refractivity contribution in [2.24, 2.45) is 11.8 Å². The molecule has 0 heterocycles. The molecular formula is C15H21F2NO. The lowest BCUT2D eigenvalue weighted by Gasteiger charge is -2.11. The van der Waals surface area contributed by atoms with Crippen LogP contribution in [0, 0.1) is 11.8 Å². The van der Waals surface area contributed by atoms with Crippen molar-refractivity contribution < 1.29 is 13.5 Å². The average Bonchev–Trinajstić information content (AvgIpc) is 2.77. The van der Waals surface area contributed by atoms with Crippen LogP contribution in [0.4, 0.5) is 8.78 Å². The maximum absolute atomic E-state index is 12.0. The molecular weight excluding hydrogens is 248 g/mol. The van der Waals surface area contributed by atoms with E-state index in [4.69, 9.17) is 0 Å². The molecule has 1 aliphatic rings. The van der Waals surface area contributed by atoms with E-state index in [0.29, 0.717) is 0 Å². The molecule has 4 heteroatoms. The Bertz CT molecular complexity index is 380. The van der Waals surface area contributed by atoms with Gasteiger partial charge < -0.3 is 10.1 Å². The Morgan fingerprint density at radius 3 is 2.58 bits per heavy atom. The molecule has 0 spiro atoms. The lowest BCUT2D eigenvalue weighted by molar-refractivity contribution is -0.0498. The Hall–Kier alpha value is -1.16. The minimum absolute atomic E-state index is 0.211. The summed E-state index contributed by atoms with van der Waals surface area (Å²) in [7, 11) is 0. The van der Waals surface area contributed by atoms with Gasteiger partial charge in [-0.1, -0.05) is 25.5 Å². The molecule has 0 saturated heterocycles. The molecule has 2 rings (SSSR count). The summed E-state index contributed by atoms with van der Waals surface area (Å²) in [6.07, 6.45) is 3.97. The first kappa shape index (κ1) is 14.3. The van der Waals surface area contributed by atoms with Crippen molar-refractivity contribution in [3.63, 3.8) is 0 Å². The standard InChI is InChI=1S/C15H21F2NO/c1-11-2-3-13(8-11)10-18-9-12-4-6-14(7-5-12)19-15(16)17/h4-7,11,13,15,18H,2-3,8-10H2,1H3. The fraction of sp³-hybridized carbons (Fsp3) is 0.600. The zero-order chi connectivity index (χ0) is 13.7. The molecule has 0 bridgehead atoms. The number of hydrogen-bond acceptors (Lipinski definition) is 2. The van der Waals surface area contributed by atoms with Gasteiger partial charge in [0.1, 0.15) is 5.75 Å². The molecule has 1 aliphatic carbocycles. The number of halogens is 2. The van der Waals surface area contributed by atoms with Crippen LogP contribution in [0.2, 0.25) is 0 Å². The third kappa shape index (κ3) is 4.78. The number of ether oxygens (including phenoxy) is 1. The highest BCUT2D eigenvalue weighted by Gasteiger charge is 2.20. The van der Waals surface area contributed by atoms with E-state index in [1.165, 1.54) is 19.3 Å². The molecule has 0 aliphatic heterocycles. The number of nitrogens with one attached hydrogen (secondary N) is 1. The lowest BCUT2D eigenvalue weighted by atomic mass is 10.1. The summed E-state index contributed by atoms with van der Waals surface area (Å²) in [6, 6.07) is 6.81. The number of hydrogen-bond donors (Lipinski definition) is 1. The van der Waals surface area contributed by atoms with Crippen LogP contribution in [0.5, 0.6) is 5.75 Å². The van der Waals surface area contributed by atoms with Crippen molar-refractivity contribution in [2.75, 3.05) is 6.54 Å². The summed E-state index contributed by atoms with van der Waals surface area (Å²) in [5, 5.41) is 3.44. The van der Waals surface area contributed by atoms with E-state index in [1.807, 2.05) is 12.1 Å². The Morgan fingerprint density at radius 1 is 1.26 bits per heavy atom. The molecule has 0 amide bonds. The minimum atomic E-state index is -2.76. The Kier molecular flexibility index (Phi) is 5.14. The lowest BCUT2D eigenvalue weighted by Crippen LogP contribution is -2.20. The third-order valence-corrected chi connectivity index (χ3v) is 3.71. The first-order valence-corrected chi connectivity index (χ1v) is 6.88. The molecule has 19 heavy (non-hydrogen) atoms. The number of benzene rings is 1. The SMILES string of the molecule is CC1CCC(CNCc2ccc(OC(F)F)cc2)C1. The van der Waals surface area contributed by atoms with Gasteiger partial charge in [0.15, 0.2) is 0 Å². The Labute approximate surface area is 113 Å². The topological polar surface area (TPSA) is 21.3 Å². The smallest absolute Gasteiger partial charge is 0.387 e. The molecule has 2 nitrogen and oxygen atoms in total. The molecule has 1 N–H and O–H groups in total. The Balaban J connectivity index is 1.71. The first-order chi connectivity index (χ1) is 9.13. The van der Waals surface area contributed by atoms with Crippen molar-refractivity contribution >= 4 is 0 Å². The van der Waals surface area contributed by atoms with Gasteiger partial charge in [0.25, 0.3) is 0 Å². The summed E-state index contributed by atoms with van der Waals surface area (Å²) < 4.78 is 28.3. The van der Waals surface area contributed by atoms with Gasteiger partial charge in [-0.05, 0) is 48.9 Å². The van der Waals surface area contributed by atoms with Gasteiger partial charge in [0, 0.05) is 6.54 Å². The molecule has 2 atom stereocenters.